The van der Waals surface area contributed by atoms with Crippen LogP contribution in [0.1, 0.15) is 11.1 Å². The van der Waals surface area contributed by atoms with Crippen LogP contribution < -0.4 is 15.2 Å². The van der Waals surface area contributed by atoms with Gasteiger partial charge in [-0.3, -0.25) is 0 Å². The van der Waals surface area contributed by atoms with Gasteiger partial charge in [0.05, 0.1) is 4.47 Å². The molecule has 2 N–H and O–H groups in total. The van der Waals surface area contributed by atoms with Crippen molar-refractivity contribution in [2.24, 2.45) is 0 Å². The second-order valence-corrected chi connectivity index (χ2v) is 6.25. The van der Waals surface area contributed by atoms with Gasteiger partial charge in [0, 0.05) is 11.8 Å². The highest BCUT2D eigenvalue weighted by atomic mass is 79.9. The summed E-state index contributed by atoms with van der Waals surface area (Å²) < 4.78 is 12.5. The second-order valence-electron chi connectivity index (χ2n) is 5.40. The number of hydrogen-bond donors (Lipinski definition) is 1. The van der Waals surface area contributed by atoms with Crippen molar-refractivity contribution < 1.29 is 9.47 Å². The van der Waals surface area contributed by atoms with Crippen LogP contribution in [0, 0.1) is 0 Å². The minimum absolute atomic E-state index is 0.473. The molecule has 0 saturated carbocycles. The van der Waals surface area contributed by atoms with Gasteiger partial charge in [0.15, 0.2) is 0 Å². The third-order valence-electron chi connectivity index (χ3n) is 3.50. The first-order valence-electron chi connectivity index (χ1n) is 7.64. The minimum Gasteiger partial charge on any atom is -0.489 e. The molecule has 0 saturated heterocycles. The summed E-state index contributed by atoms with van der Waals surface area (Å²) in [5.41, 5.74) is 8.63. The molecule has 0 unspecified atom stereocenters. The fourth-order valence-electron chi connectivity index (χ4n) is 2.26. The molecule has 4 heteroatoms. The second kappa shape index (κ2) is 7.88. The number of hydrogen-bond acceptors (Lipinski definition) is 3. The summed E-state index contributed by atoms with van der Waals surface area (Å²) in [6.45, 7) is 1.01. The topological polar surface area (TPSA) is 44.5 Å². The predicted molar refractivity (Wildman–Crippen MR) is 100 cm³/mol. The standard InChI is InChI=1S/C20H18BrNO2/c21-19-11-16(14-23-18-8-4-7-17(22)12-18)9-10-20(19)24-13-15-5-2-1-3-6-15/h1-12H,13-14,22H2. The summed E-state index contributed by atoms with van der Waals surface area (Å²) in [5.74, 6) is 1.57. The van der Waals surface area contributed by atoms with Crippen LogP contribution in [0.2, 0.25) is 0 Å². The lowest BCUT2D eigenvalue weighted by Gasteiger charge is -2.11. The van der Waals surface area contributed by atoms with Gasteiger partial charge in [0.2, 0.25) is 0 Å². The van der Waals surface area contributed by atoms with Crippen molar-refractivity contribution in [2.75, 3.05) is 5.73 Å². The van der Waals surface area contributed by atoms with Crippen LogP contribution in [0.3, 0.4) is 0 Å². The van der Waals surface area contributed by atoms with Gasteiger partial charge in [-0.05, 0) is 51.3 Å². The SMILES string of the molecule is Nc1cccc(OCc2ccc(OCc3ccccc3)c(Br)c2)c1. The number of halogens is 1. The van der Waals surface area contributed by atoms with Crippen LogP contribution in [0.5, 0.6) is 11.5 Å². The Kier molecular flexibility index (Phi) is 5.39. The smallest absolute Gasteiger partial charge is 0.134 e. The molecule has 3 aromatic rings. The van der Waals surface area contributed by atoms with E-state index < -0.39 is 0 Å². The predicted octanol–water partition coefficient (Wildman–Crippen LogP) is 5.19. The third kappa shape index (κ3) is 4.52. The van der Waals surface area contributed by atoms with Crippen LogP contribution >= 0.6 is 15.9 Å². The maximum atomic E-state index is 5.85. The van der Waals surface area contributed by atoms with Crippen LogP contribution in [0.4, 0.5) is 5.69 Å². The van der Waals surface area contributed by atoms with Crippen LogP contribution in [0.25, 0.3) is 0 Å². The minimum atomic E-state index is 0.473. The molecule has 0 spiro atoms. The molecule has 0 aromatic heterocycles. The molecule has 0 radical (unpaired) electrons. The molecule has 0 amide bonds. The number of anilines is 1. The monoisotopic (exact) mass is 383 g/mol. The van der Waals surface area contributed by atoms with Crippen molar-refractivity contribution >= 4 is 21.6 Å². The summed E-state index contributed by atoms with van der Waals surface area (Å²) in [4.78, 5) is 0. The quantitative estimate of drug-likeness (QED) is 0.595. The lowest BCUT2D eigenvalue weighted by atomic mass is 10.2. The first kappa shape index (κ1) is 16.4. The number of nitrogen functional groups attached to an aromatic ring is 1. The Labute approximate surface area is 150 Å². The Balaban J connectivity index is 1.60. The van der Waals surface area contributed by atoms with E-state index in [-0.39, 0.29) is 0 Å². The molecule has 0 bridgehead atoms. The van der Waals surface area contributed by atoms with Gasteiger partial charge in [-0.1, -0.05) is 42.5 Å². The van der Waals surface area contributed by atoms with Crippen molar-refractivity contribution in [2.45, 2.75) is 13.2 Å². The van der Waals surface area contributed by atoms with E-state index in [4.69, 9.17) is 15.2 Å². The maximum Gasteiger partial charge on any atom is 0.134 e. The number of nitrogens with two attached hydrogens (primary N) is 1. The van der Waals surface area contributed by atoms with Crippen molar-refractivity contribution in [1.82, 2.24) is 0 Å². The first-order chi connectivity index (χ1) is 11.7. The molecule has 3 rings (SSSR count). The highest BCUT2D eigenvalue weighted by molar-refractivity contribution is 9.10. The molecule has 3 nitrogen and oxygen atoms in total. The molecule has 3 aromatic carbocycles. The van der Waals surface area contributed by atoms with Gasteiger partial charge >= 0.3 is 0 Å². The zero-order chi connectivity index (χ0) is 16.8. The van der Waals surface area contributed by atoms with Crippen molar-refractivity contribution in [3.05, 3.63) is 88.4 Å². The summed E-state index contributed by atoms with van der Waals surface area (Å²) in [6.07, 6.45) is 0. The van der Waals surface area contributed by atoms with Crippen molar-refractivity contribution in [1.29, 1.82) is 0 Å². The molecule has 122 valence electrons. The van der Waals surface area contributed by atoms with Gasteiger partial charge < -0.3 is 15.2 Å². The molecule has 0 aliphatic carbocycles. The van der Waals surface area contributed by atoms with E-state index in [9.17, 15) is 0 Å². The zero-order valence-electron chi connectivity index (χ0n) is 13.1. The Bertz CT molecular complexity index is 806. The molecule has 0 heterocycles. The Morgan fingerprint density at radius 2 is 1.54 bits per heavy atom. The van der Waals surface area contributed by atoms with E-state index in [0.717, 1.165) is 27.1 Å². The molecule has 0 atom stereocenters. The Morgan fingerprint density at radius 1 is 0.750 bits per heavy atom. The van der Waals surface area contributed by atoms with Gasteiger partial charge in [-0.25, -0.2) is 0 Å². The maximum absolute atomic E-state index is 5.85. The molecular formula is C20H18BrNO2. The van der Waals surface area contributed by atoms with E-state index in [1.165, 1.54) is 0 Å². The highest BCUT2D eigenvalue weighted by Crippen LogP contribution is 2.27. The van der Waals surface area contributed by atoms with Gasteiger partial charge in [0.25, 0.3) is 0 Å². The van der Waals surface area contributed by atoms with Crippen LogP contribution in [-0.2, 0) is 13.2 Å². The van der Waals surface area contributed by atoms with E-state index in [1.807, 2.05) is 72.8 Å². The Morgan fingerprint density at radius 3 is 2.29 bits per heavy atom. The van der Waals surface area contributed by atoms with E-state index in [2.05, 4.69) is 15.9 Å². The highest BCUT2D eigenvalue weighted by Gasteiger charge is 2.04. The number of ether oxygens (including phenoxy) is 2. The molecule has 0 aliphatic rings. The van der Waals surface area contributed by atoms with E-state index in [1.54, 1.807) is 0 Å². The molecule has 0 fully saturated rings. The molecule has 0 aliphatic heterocycles. The molecular weight excluding hydrogens is 366 g/mol. The van der Waals surface area contributed by atoms with Crippen molar-refractivity contribution in [3.8, 4) is 11.5 Å². The van der Waals surface area contributed by atoms with E-state index >= 15 is 0 Å². The fourth-order valence-corrected chi connectivity index (χ4v) is 2.80. The summed E-state index contributed by atoms with van der Waals surface area (Å²) in [6, 6.07) is 23.5. The summed E-state index contributed by atoms with van der Waals surface area (Å²) in [5, 5.41) is 0. The normalized spacial score (nSPS) is 10.4. The average Bonchev–Trinajstić information content (AvgIpc) is 2.60. The number of benzene rings is 3. The van der Waals surface area contributed by atoms with Crippen LogP contribution in [-0.4, -0.2) is 0 Å². The summed E-state index contributed by atoms with van der Waals surface area (Å²) >= 11 is 3.56. The number of rotatable bonds is 6. The zero-order valence-corrected chi connectivity index (χ0v) is 14.7. The lowest BCUT2D eigenvalue weighted by Crippen LogP contribution is -1.99. The average molecular weight is 384 g/mol. The largest absolute Gasteiger partial charge is 0.489 e. The first-order valence-corrected chi connectivity index (χ1v) is 8.43. The van der Waals surface area contributed by atoms with Gasteiger partial charge in [-0.15, -0.1) is 0 Å². The Hall–Kier alpha value is -2.46. The fraction of sp³-hybridized carbons (Fsp3) is 0.100. The van der Waals surface area contributed by atoms with Gasteiger partial charge in [-0.2, -0.15) is 0 Å². The van der Waals surface area contributed by atoms with Crippen LogP contribution in [0.15, 0.2) is 77.3 Å². The van der Waals surface area contributed by atoms with Gasteiger partial charge in [0.1, 0.15) is 24.7 Å². The summed E-state index contributed by atoms with van der Waals surface area (Å²) in [7, 11) is 0. The van der Waals surface area contributed by atoms with E-state index in [0.29, 0.717) is 18.9 Å². The molecule has 24 heavy (non-hydrogen) atoms. The van der Waals surface area contributed by atoms with Crippen molar-refractivity contribution in [3.63, 3.8) is 0 Å². The lowest BCUT2D eigenvalue weighted by molar-refractivity contribution is 0.299. The third-order valence-corrected chi connectivity index (χ3v) is 4.12.